The number of ether oxygens (including phenoxy) is 1. The monoisotopic (exact) mass is 264 g/mol. The molecule has 0 aliphatic rings. The molecule has 0 heterocycles. The summed E-state index contributed by atoms with van der Waals surface area (Å²) >= 11 is 0. The van der Waals surface area contributed by atoms with Crippen LogP contribution in [-0.2, 0) is 9.53 Å². The maximum atomic E-state index is 11.8. The zero-order valence-electron chi connectivity index (χ0n) is 12.2. The van der Waals surface area contributed by atoms with Crippen molar-refractivity contribution in [2.45, 2.75) is 33.2 Å². The van der Waals surface area contributed by atoms with Crippen molar-refractivity contribution < 1.29 is 9.53 Å². The number of benzene rings is 1. The number of anilines is 1. The molecule has 0 radical (unpaired) electrons. The van der Waals surface area contributed by atoms with Gasteiger partial charge in [-0.15, -0.1) is 0 Å². The first kappa shape index (κ1) is 15.7. The topological polar surface area (TPSA) is 50.4 Å². The lowest BCUT2D eigenvalue weighted by Gasteiger charge is -2.13. The van der Waals surface area contributed by atoms with Gasteiger partial charge in [0.2, 0.25) is 5.91 Å². The van der Waals surface area contributed by atoms with Gasteiger partial charge in [-0.3, -0.25) is 4.79 Å². The molecule has 4 heteroatoms. The Kier molecular flexibility index (Phi) is 6.53. The summed E-state index contributed by atoms with van der Waals surface area (Å²) in [6.07, 6.45) is 0.460. The first-order chi connectivity index (χ1) is 9.02. The van der Waals surface area contributed by atoms with Crippen molar-refractivity contribution in [2.75, 3.05) is 25.6 Å². The minimum Gasteiger partial charge on any atom is -0.383 e. The Hall–Kier alpha value is -1.39. The van der Waals surface area contributed by atoms with Crippen molar-refractivity contribution >= 4 is 11.6 Å². The molecule has 0 aliphatic heterocycles. The van der Waals surface area contributed by atoms with Gasteiger partial charge in [0.15, 0.2) is 0 Å². The third-order valence-corrected chi connectivity index (χ3v) is 2.93. The first-order valence-electron chi connectivity index (χ1n) is 6.62. The molecule has 2 N–H and O–H groups in total. The molecule has 0 saturated heterocycles. The molecule has 1 amide bonds. The van der Waals surface area contributed by atoms with E-state index in [1.54, 1.807) is 7.11 Å². The Bertz CT molecular complexity index is 419. The van der Waals surface area contributed by atoms with Crippen LogP contribution in [0, 0.1) is 13.8 Å². The highest BCUT2D eigenvalue weighted by molar-refractivity contribution is 5.91. The molecule has 0 aliphatic carbocycles. The second-order valence-corrected chi connectivity index (χ2v) is 4.93. The maximum Gasteiger partial charge on any atom is 0.225 e. The lowest BCUT2D eigenvalue weighted by atomic mass is 10.1. The van der Waals surface area contributed by atoms with Crippen LogP contribution >= 0.6 is 0 Å². The first-order valence-corrected chi connectivity index (χ1v) is 6.62. The van der Waals surface area contributed by atoms with Crippen molar-refractivity contribution in [2.24, 2.45) is 0 Å². The van der Waals surface area contributed by atoms with Gasteiger partial charge in [-0.1, -0.05) is 12.1 Å². The van der Waals surface area contributed by atoms with Crippen molar-refractivity contribution in [3.8, 4) is 0 Å². The molecule has 0 aromatic heterocycles. The van der Waals surface area contributed by atoms with Crippen LogP contribution < -0.4 is 10.6 Å². The van der Waals surface area contributed by atoms with Crippen molar-refractivity contribution in [3.63, 3.8) is 0 Å². The molecule has 1 aromatic rings. The van der Waals surface area contributed by atoms with Gasteiger partial charge in [0.05, 0.1) is 6.61 Å². The largest absolute Gasteiger partial charge is 0.383 e. The zero-order chi connectivity index (χ0) is 14.3. The van der Waals surface area contributed by atoms with Gasteiger partial charge >= 0.3 is 0 Å². The minimum atomic E-state index is 0.0332. The molecule has 0 unspecified atom stereocenters. The number of hydrogen-bond donors (Lipinski definition) is 2. The zero-order valence-corrected chi connectivity index (χ0v) is 12.2. The lowest BCUT2D eigenvalue weighted by Crippen LogP contribution is -2.32. The Balaban J connectivity index is 2.37. The second-order valence-electron chi connectivity index (χ2n) is 4.93. The number of methoxy groups -OCH3 is 1. The summed E-state index contributed by atoms with van der Waals surface area (Å²) in [5.74, 6) is 0.0332. The van der Waals surface area contributed by atoms with E-state index in [0.29, 0.717) is 19.6 Å². The molecule has 0 saturated carbocycles. The number of rotatable bonds is 7. The van der Waals surface area contributed by atoms with Crippen LogP contribution in [0.1, 0.15) is 24.5 Å². The smallest absolute Gasteiger partial charge is 0.225 e. The van der Waals surface area contributed by atoms with Crippen LogP contribution in [0.4, 0.5) is 5.69 Å². The number of carbonyl (C=O) groups excluding carboxylic acids is 1. The Morgan fingerprint density at radius 2 is 2.11 bits per heavy atom. The SMILES string of the molecule is COC[C@H](C)NCCC(=O)Nc1cc(C)ccc1C. The van der Waals surface area contributed by atoms with E-state index < -0.39 is 0 Å². The van der Waals surface area contributed by atoms with Crippen molar-refractivity contribution in [1.29, 1.82) is 0 Å². The molecule has 0 fully saturated rings. The third kappa shape index (κ3) is 5.85. The third-order valence-electron chi connectivity index (χ3n) is 2.93. The Morgan fingerprint density at radius 3 is 2.79 bits per heavy atom. The molecule has 0 spiro atoms. The highest BCUT2D eigenvalue weighted by Gasteiger charge is 2.06. The number of aryl methyl sites for hydroxylation is 2. The summed E-state index contributed by atoms with van der Waals surface area (Å²) in [6.45, 7) is 7.35. The summed E-state index contributed by atoms with van der Waals surface area (Å²) in [4.78, 5) is 11.8. The Morgan fingerprint density at radius 1 is 1.37 bits per heavy atom. The van der Waals surface area contributed by atoms with Crippen LogP contribution in [0.3, 0.4) is 0 Å². The average Bonchev–Trinajstić information content (AvgIpc) is 2.34. The van der Waals surface area contributed by atoms with Crippen LogP contribution in [0.2, 0.25) is 0 Å². The average molecular weight is 264 g/mol. The number of nitrogens with one attached hydrogen (secondary N) is 2. The molecule has 19 heavy (non-hydrogen) atoms. The van der Waals surface area contributed by atoms with E-state index in [-0.39, 0.29) is 11.9 Å². The molecule has 1 atom stereocenters. The standard InChI is InChI=1S/C15H24N2O2/c1-11-5-6-12(2)14(9-11)17-15(18)7-8-16-13(3)10-19-4/h5-6,9,13,16H,7-8,10H2,1-4H3,(H,17,18)/t13-/m0/s1. The van der Waals surface area contributed by atoms with Gasteiger partial charge in [-0.2, -0.15) is 0 Å². The fourth-order valence-corrected chi connectivity index (χ4v) is 1.82. The minimum absolute atomic E-state index is 0.0332. The van der Waals surface area contributed by atoms with Gasteiger partial charge in [0, 0.05) is 31.8 Å². The van der Waals surface area contributed by atoms with E-state index in [1.807, 2.05) is 39.0 Å². The van der Waals surface area contributed by atoms with Crippen LogP contribution in [0.25, 0.3) is 0 Å². The number of carbonyl (C=O) groups is 1. The molecule has 4 nitrogen and oxygen atoms in total. The van der Waals surface area contributed by atoms with Gasteiger partial charge in [0.1, 0.15) is 0 Å². The summed E-state index contributed by atoms with van der Waals surface area (Å²) < 4.78 is 5.02. The molecular formula is C15H24N2O2. The van der Waals surface area contributed by atoms with E-state index in [9.17, 15) is 4.79 Å². The van der Waals surface area contributed by atoms with Crippen LogP contribution in [-0.4, -0.2) is 32.2 Å². The van der Waals surface area contributed by atoms with Gasteiger partial charge in [0.25, 0.3) is 0 Å². The lowest BCUT2D eigenvalue weighted by molar-refractivity contribution is -0.116. The van der Waals surface area contributed by atoms with Crippen LogP contribution in [0.15, 0.2) is 18.2 Å². The van der Waals surface area contributed by atoms with Gasteiger partial charge in [-0.05, 0) is 38.0 Å². The van der Waals surface area contributed by atoms with E-state index in [4.69, 9.17) is 4.74 Å². The second kappa shape index (κ2) is 7.92. The highest BCUT2D eigenvalue weighted by Crippen LogP contribution is 2.16. The van der Waals surface area contributed by atoms with Gasteiger partial charge < -0.3 is 15.4 Å². The van der Waals surface area contributed by atoms with E-state index in [0.717, 1.165) is 16.8 Å². The highest BCUT2D eigenvalue weighted by atomic mass is 16.5. The van der Waals surface area contributed by atoms with Crippen molar-refractivity contribution in [3.05, 3.63) is 29.3 Å². The van der Waals surface area contributed by atoms with E-state index >= 15 is 0 Å². The van der Waals surface area contributed by atoms with Crippen LogP contribution in [0.5, 0.6) is 0 Å². The Labute approximate surface area is 115 Å². The molecule has 0 bridgehead atoms. The summed E-state index contributed by atoms with van der Waals surface area (Å²) in [6, 6.07) is 6.32. The van der Waals surface area contributed by atoms with E-state index in [1.165, 1.54) is 0 Å². The van der Waals surface area contributed by atoms with E-state index in [2.05, 4.69) is 10.6 Å². The fraction of sp³-hybridized carbons (Fsp3) is 0.533. The predicted octanol–water partition coefficient (Wildman–Crippen LogP) is 2.26. The maximum absolute atomic E-state index is 11.8. The molecule has 106 valence electrons. The number of amides is 1. The molecule has 1 rings (SSSR count). The quantitative estimate of drug-likeness (QED) is 0.794. The predicted molar refractivity (Wildman–Crippen MR) is 78.5 cm³/mol. The van der Waals surface area contributed by atoms with Gasteiger partial charge in [-0.25, -0.2) is 0 Å². The fourth-order valence-electron chi connectivity index (χ4n) is 1.82. The molecular weight excluding hydrogens is 240 g/mol. The summed E-state index contributed by atoms with van der Waals surface area (Å²) in [7, 11) is 1.67. The molecule has 1 aromatic carbocycles. The van der Waals surface area contributed by atoms with Crippen molar-refractivity contribution in [1.82, 2.24) is 5.32 Å². The number of hydrogen-bond acceptors (Lipinski definition) is 3. The normalized spacial score (nSPS) is 12.2. The summed E-state index contributed by atoms with van der Waals surface area (Å²) in [5, 5.41) is 6.19. The summed E-state index contributed by atoms with van der Waals surface area (Å²) in [5.41, 5.74) is 3.13.